The average molecular weight is 302 g/mol. The summed E-state index contributed by atoms with van der Waals surface area (Å²) in [5.41, 5.74) is 3.81. The van der Waals surface area contributed by atoms with Crippen molar-refractivity contribution in [3.05, 3.63) is 60.7 Å². The second kappa shape index (κ2) is 5.49. The molecule has 4 rings (SSSR count). The lowest BCUT2D eigenvalue weighted by atomic mass is 10.2. The number of aromatic amines is 1. The van der Waals surface area contributed by atoms with Crippen molar-refractivity contribution in [3.63, 3.8) is 0 Å². The average Bonchev–Trinajstić information content (AvgIpc) is 2.99. The molecule has 0 atom stereocenters. The van der Waals surface area contributed by atoms with Crippen LogP contribution in [0.15, 0.2) is 55.0 Å². The Bertz CT molecular complexity index is 944. The monoisotopic (exact) mass is 302 g/mol. The van der Waals surface area contributed by atoms with Crippen molar-refractivity contribution in [1.82, 2.24) is 25.1 Å². The Labute approximate surface area is 132 Å². The van der Waals surface area contributed by atoms with E-state index < -0.39 is 0 Å². The van der Waals surface area contributed by atoms with Gasteiger partial charge in [-0.1, -0.05) is 0 Å². The molecule has 3 heterocycles. The van der Waals surface area contributed by atoms with E-state index in [0.717, 1.165) is 33.7 Å². The summed E-state index contributed by atoms with van der Waals surface area (Å²) < 4.78 is 0. The summed E-state index contributed by atoms with van der Waals surface area (Å²) in [5, 5.41) is 11.6. The number of pyridine rings is 1. The largest absolute Gasteiger partial charge is 0.340 e. The smallest absolute Gasteiger partial charge is 0.159 e. The lowest BCUT2D eigenvalue weighted by molar-refractivity contribution is 1.07. The van der Waals surface area contributed by atoms with Gasteiger partial charge in [-0.3, -0.25) is 5.10 Å². The third kappa shape index (κ3) is 2.50. The fourth-order valence-corrected chi connectivity index (χ4v) is 2.50. The van der Waals surface area contributed by atoms with Crippen LogP contribution in [0.2, 0.25) is 0 Å². The number of hydrogen-bond acceptors (Lipinski definition) is 5. The molecule has 0 spiro atoms. The van der Waals surface area contributed by atoms with Crippen LogP contribution in [-0.4, -0.2) is 25.1 Å². The number of hydrogen-bond donors (Lipinski definition) is 2. The highest BCUT2D eigenvalue weighted by Gasteiger charge is 2.08. The molecule has 112 valence electrons. The molecule has 0 aliphatic rings. The van der Waals surface area contributed by atoms with Gasteiger partial charge in [0.1, 0.15) is 5.82 Å². The van der Waals surface area contributed by atoms with Gasteiger partial charge >= 0.3 is 0 Å². The molecule has 0 aliphatic heterocycles. The van der Waals surface area contributed by atoms with Gasteiger partial charge in [-0.25, -0.2) is 15.0 Å². The van der Waals surface area contributed by atoms with E-state index in [2.05, 4.69) is 30.5 Å². The molecule has 0 saturated heterocycles. The van der Waals surface area contributed by atoms with E-state index in [-0.39, 0.29) is 0 Å². The zero-order chi connectivity index (χ0) is 15.6. The highest BCUT2D eigenvalue weighted by Crippen LogP contribution is 2.26. The maximum atomic E-state index is 4.42. The van der Waals surface area contributed by atoms with Gasteiger partial charge in [0.15, 0.2) is 5.82 Å². The predicted molar refractivity (Wildman–Crippen MR) is 89.4 cm³/mol. The summed E-state index contributed by atoms with van der Waals surface area (Å²) in [5.74, 6) is 1.50. The topological polar surface area (TPSA) is 79.4 Å². The Hall–Kier alpha value is -3.28. The van der Waals surface area contributed by atoms with Gasteiger partial charge in [0.05, 0.1) is 16.6 Å². The molecule has 3 aromatic heterocycles. The number of aromatic nitrogens is 5. The summed E-state index contributed by atoms with van der Waals surface area (Å²) in [7, 11) is 0. The Morgan fingerprint density at radius 1 is 0.913 bits per heavy atom. The minimum absolute atomic E-state index is 0.713. The van der Waals surface area contributed by atoms with E-state index in [9.17, 15) is 0 Å². The molecule has 6 nitrogen and oxygen atoms in total. The van der Waals surface area contributed by atoms with Gasteiger partial charge in [-0.2, -0.15) is 5.10 Å². The maximum absolute atomic E-state index is 4.42. The molecular weight excluding hydrogens is 288 g/mol. The van der Waals surface area contributed by atoms with Gasteiger partial charge in [-0.05, 0) is 43.3 Å². The van der Waals surface area contributed by atoms with Crippen LogP contribution in [0.25, 0.3) is 22.3 Å². The lowest BCUT2D eigenvalue weighted by Crippen LogP contribution is -1.95. The van der Waals surface area contributed by atoms with Gasteiger partial charge < -0.3 is 5.32 Å². The second-order valence-corrected chi connectivity index (χ2v) is 5.17. The molecule has 0 unspecified atom stereocenters. The first-order valence-corrected chi connectivity index (χ1v) is 7.25. The van der Waals surface area contributed by atoms with Crippen LogP contribution in [0.5, 0.6) is 0 Å². The van der Waals surface area contributed by atoms with Crippen molar-refractivity contribution in [2.75, 3.05) is 5.32 Å². The lowest BCUT2D eigenvalue weighted by Gasteiger charge is -2.08. The molecule has 0 bridgehead atoms. The number of nitrogens with one attached hydrogen (secondary N) is 2. The first-order valence-electron chi connectivity index (χ1n) is 7.25. The van der Waals surface area contributed by atoms with Crippen molar-refractivity contribution in [3.8, 4) is 11.4 Å². The zero-order valence-electron chi connectivity index (χ0n) is 12.5. The highest BCUT2D eigenvalue weighted by atomic mass is 15.1. The number of rotatable bonds is 3. The van der Waals surface area contributed by atoms with E-state index in [1.807, 2.05) is 37.3 Å². The molecule has 2 N–H and O–H groups in total. The van der Waals surface area contributed by atoms with Crippen molar-refractivity contribution >= 4 is 22.4 Å². The molecule has 0 aliphatic carbocycles. The number of nitrogens with zero attached hydrogens (tertiary/aromatic N) is 4. The van der Waals surface area contributed by atoms with Gasteiger partial charge in [0, 0.05) is 29.8 Å². The minimum atomic E-state index is 0.713. The Morgan fingerprint density at radius 2 is 1.70 bits per heavy atom. The van der Waals surface area contributed by atoms with E-state index >= 15 is 0 Å². The van der Waals surface area contributed by atoms with Crippen LogP contribution in [0.4, 0.5) is 11.5 Å². The van der Waals surface area contributed by atoms with E-state index in [1.54, 1.807) is 24.7 Å². The van der Waals surface area contributed by atoms with Gasteiger partial charge in [0.25, 0.3) is 0 Å². The van der Waals surface area contributed by atoms with Crippen LogP contribution >= 0.6 is 0 Å². The molecular formula is C17H14N6. The van der Waals surface area contributed by atoms with Crippen LogP contribution < -0.4 is 5.32 Å². The molecule has 23 heavy (non-hydrogen) atoms. The Kier molecular flexibility index (Phi) is 3.20. The minimum Gasteiger partial charge on any atom is -0.340 e. The van der Waals surface area contributed by atoms with Gasteiger partial charge in [0.2, 0.25) is 0 Å². The summed E-state index contributed by atoms with van der Waals surface area (Å²) in [6.45, 7) is 1.96. The van der Waals surface area contributed by atoms with Crippen LogP contribution in [0.1, 0.15) is 5.69 Å². The van der Waals surface area contributed by atoms with Crippen molar-refractivity contribution in [2.45, 2.75) is 6.92 Å². The molecule has 4 aromatic rings. The zero-order valence-corrected chi connectivity index (χ0v) is 12.5. The number of aryl methyl sites for hydroxylation is 1. The Morgan fingerprint density at radius 3 is 2.48 bits per heavy atom. The first kappa shape index (κ1) is 13.4. The quantitative estimate of drug-likeness (QED) is 0.606. The van der Waals surface area contributed by atoms with E-state index in [0.29, 0.717) is 5.82 Å². The molecule has 0 fully saturated rings. The number of fused-ring (bicyclic) bond motifs is 1. The number of benzene rings is 1. The predicted octanol–water partition coefficient (Wildman–Crippen LogP) is 3.47. The number of anilines is 2. The van der Waals surface area contributed by atoms with Gasteiger partial charge in [-0.15, -0.1) is 0 Å². The number of H-pyrrole nitrogens is 1. The summed E-state index contributed by atoms with van der Waals surface area (Å²) >= 11 is 0. The van der Waals surface area contributed by atoms with Crippen molar-refractivity contribution in [1.29, 1.82) is 0 Å². The third-order valence-electron chi connectivity index (χ3n) is 3.63. The molecule has 0 saturated carbocycles. The summed E-state index contributed by atoms with van der Waals surface area (Å²) in [6.07, 6.45) is 5.23. The summed E-state index contributed by atoms with van der Waals surface area (Å²) in [4.78, 5) is 12.9. The molecule has 1 aromatic carbocycles. The Balaban J connectivity index is 1.65. The summed E-state index contributed by atoms with van der Waals surface area (Å²) in [6, 6.07) is 11.7. The normalized spacial score (nSPS) is 10.8. The molecule has 0 amide bonds. The SMILES string of the molecule is Cc1n[nH]c2ccnc(Nc3ccc(-c4ncccn4)cc3)c12. The molecule has 6 heteroatoms. The van der Waals surface area contributed by atoms with Crippen molar-refractivity contribution < 1.29 is 0 Å². The first-order chi connectivity index (χ1) is 11.3. The van der Waals surface area contributed by atoms with E-state index in [4.69, 9.17) is 0 Å². The van der Waals surface area contributed by atoms with Crippen LogP contribution in [0, 0.1) is 6.92 Å². The highest BCUT2D eigenvalue weighted by molar-refractivity contribution is 5.92. The standard InChI is InChI=1S/C17H14N6/c1-11-15-14(23-22-11)7-10-20-17(15)21-13-5-3-12(4-6-13)16-18-8-2-9-19-16/h2-10H,1H3,(H,20,21)(H,22,23). The fraction of sp³-hybridized carbons (Fsp3) is 0.0588. The van der Waals surface area contributed by atoms with Crippen LogP contribution in [-0.2, 0) is 0 Å². The maximum Gasteiger partial charge on any atom is 0.159 e. The van der Waals surface area contributed by atoms with Crippen molar-refractivity contribution in [2.24, 2.45) is 0 Å². The fourth-order valence-electron chi connectivity index (χ4n) is 2.50. The third-order valence-corrected chi connectivity index (χ3v) is 3.63. The second-order valence-electron chi connectivity index (χ2n) is 5.17. The molecule has 0 radical (unpaired) electrons. The van der Waals surface area contributed by atoms with E-state index in [1.165, 1.54) is 0 Å². The van der Waals surface area contributed by atoms with Crippen LogP contribution in [0.3, 0.4) is 0 Å².